The molecule has 0 aliphatic carbocycles. The van der Waals surface area contributed by atoms with Crippen molar-refractivity contribution in [2.45, 2.75) is 25.1 Å². The van der Waals surface area contributed by atoms with Crippen LogP contribution in [0.5, 0.6) is 0 Å². The maximum Gasteiger partial charge on any atom is 0.156 e. The lowest BCUT2D eigenvalue weighted by Crippen LogP contribution is -2.25. The summed E-state index contributed by atoms with van der Waals surface area (Å²) in [5.74, 6) is 0. The molecule has 1 unspecified atom stereocenters. The minimum absolute atomic E-state index is 0.329. The van der Waals surface area contributed by atoms with Crippen LogP contribution in [0.4, 0.5) is 0 Å². The Morgan fingerprint density at radius 3 is 2.22 bits per heavy atom. The minimum Gasteiger partial charge on any atom is -0.304 e. The second-order valence-electron chi connectivity index (χ2n) is 1.88. The van der Waals surface area contributed by atoms with Gasteiger partial charge in [-0.25, -0.2) is 8.42 Å². The van der Waals surface area contributed by atoms with Crippen LogP contribution < -0.4 is 5.32 Å². The Morgan fingerprint density at radius 1 is 1.56 bits per heavy atom. The average Bonchev–Trinajstić information content (AvgIpc) is 1.82. The van der Waals surface area contributed by atoms with E-state index in [1.807, 2.05) is 6.92 Å². The third-order valence-corrected chi connectivity index (χ3v) is 2.18. The normalized spacial score (nSPS) is 14.1. The molecule has 4 heteroatoms. The molecule has 0 amide bonds. The van der Waals surface area contributed by atoms with Crippen molar-refractivity contribution < 1.29 is 8.42 Å². The Bertz CT molecular complexity index is 125. The SMILES string of the molecule is CCCC(NC)[SH](=O)=O. The summed E-state index contributed by atoms with van der Waals surface area (Å²) in [6.07, 6.45) is 1.60. The van der Waals surface area contributed by atoms with E-state index < -0.39 is 10.7 Å². The number of hydrogen-bond acceptors (Lipinski definition) is 3. The first-order chi connectivity index (χ1) is 4.22. The van der Waals surface area contributed by atoms with Gasteiger partial charge in [0.05, 0.1) is 0 Å². The molecule has 0 aromatic rings. The number of rotatable bonds is 4. The van der Waals surface area contributed by atoms with E-state index in [-0.39, 0.29) is 5.37 Å². The van der Waals surface area contributed by atoms with Crippen molar-refractivity contribution in [3.63, 3.8) is 0 Å². The number of hydrogen-bond donors (Lipinski definition) is 2. The fourth-order valence-electron chi connectivity index (χ4n) is 0.629. The van der Waals surface area contributed by atoms with Crippen LogP contribution >= 0.6 is 0 Å². The molecule has 0 aliphatic rings. The molecule has 0 heterocycles. The molecule has 0 radical (unpaired) electrons. The fraction of sp³-hybridized carbons (Fsp3) is 1.00. The molecule has 0 fully saturated rings. The molecule has 0 saturated carbocycles. The lowest BCUT2D eigenvalue weighted by Gasteiger charge is -2.04. The Labute approximate surface area is 57.4 Å². The number of thiol groups is 1. The zero-order chi connectivity index (χ0) is 7.28. The summed E-state index contributed by atoms with van der Waals surface area (Å²) in [6, 6.07) is 0. The maximum absolute atomic E-state index is 10.3. The van der Waals surface area contributed by atoms with Crippen LogP contribution in [0.15, 0.2) is 0 Å². The Kier molecular flexibility index (Phi) is 4.71. The van der Waals surface area contributed by atoms with Crippen LogP contribution in [0.3, 0.4) is 0 Å². The highest BCUT2D eigenvalue weighted by atomic mass is 32.2. The van der Waals surface area contributed by atoms with Crippen molar-refractivity contribution >= 4 is 10.7 Å². The second-order valence-corrected chi connectivity index (χ2v) is 3.07. The first kappa shape index (κ1) is 8.91. The van der Waals surface area contributed by atoms with Crippen molar-refractivity contribution in [2.24, 2.45) is 0 Å². The molecule has 3 nitrogen and oxygen atoms in total. The zero-order valence-electron chi connectivity index (χ0n) is 5.76. The first-order valence-electron chi connectivity index (χ1n) is 3.03. The largest absolute Gasteiger partial charge is 0.304 e. The summed E-state index contributed by atoms with van der Waals surface area (Å²) >= 11 is 0. The van der Waals surface area contributed by atoms with E-state index in [1.54, 1.807) is 7.05 Å². The van der Waals surface area contributed by atoms with Crippen LogP contribution in [-0.2, 0) is 10.7 Å². The molecular formula is C5H13NO2S. The van der Waals surface area contributed by atoms with E-state index in [2.05, 4.69) is 5.32 Å². The van der Waals surface area contributed by atoms with E-state index in [9.17, 15) is 8.42 Å². The molecule has 0 aliphatic heterocycles. The molecule has 0 bridgehead atoms. The zero-order valence-corrected chi connectivity index (χ0v) is 6.65. The third-order valence-electron chi connectivity index (χ3n) is 1.15. The average molecular weight is 151 g/mol. The molecule has 0 saturated heterocycles. The van der Waals surface area contributed by atoms with Crippen molar-refractivity contribution in [3.05, 3.63) is 0 Å². The quantitative estimate of drug-likeness (QED) is 0.553. The first-order valence-corrected chi connectivity index (χ1v) is 4.27. The van der Waals surface area contributed by atoms with Crippen LogP contribution in [-0.4, -0.2) is 20.8 Å². The summed E-state index contributed by atoms with van der Waals surface area (Å²) in [6.45, 7) is 1.96. The van der Waals surface area contributed by atoms with Gasteiger partial charge in [0.15, 0.2) is 10.7 Å². The summed E-state index contributed by atoms with van der Waals surface area (Å²) in [5.41, 5.74) is 0. The molecule has 1 N–H and O–H groups in total. The van der Waals surface area contributed by atoms with Gasteiger partial charge in [-0.05, 0) is 13.5 Å². The van der Waals surface area contributed by atoms with E-state index >= 15 is 0 Å². The van der Waals surface area contributed by atoms with Crippen molar-refractivity contribution in [1.82, 2.24) is 5.32 Å². The fourth-order valence-corrected chi connectivity index (χ4v) is 1.31. The molecule has 56 valence electrons. The van der Waals surface area contributed by atoms with Gasteiger partial charge in [-0.1, -0.05) is 13.3 Å². The Balaban J connectivity index is 3.68. The van der Waals surface area contributed by atoms with Gasteiger partial charge in [-0.3, -0.25) is 0 Å². The van der Waals surface area contributed by atoms with Gasteiger partial charge in [-0.2, -0.15) is 0 Å². The van der Waals surface area contributed by atoms with Gasteiger partial charge in [-0.15, -0.1) is 0 Å². The van der Waals surface area contributed by atoms with Crippen molar-refractivity contribution in [2.75, 3.05) is 7.05 Å². The van der Waals surface area contributed by atoms with Crippen LogP contribution in [0.25, 0.3) is 0 Å². The molecule has 9 heavy (non-hydrogen) atoms. The van der Waals surface area contributed by atoms with Crippen LogP contribution in [0.1, 0.15) is 19.8 Å². The van der Waals surface area contributed by atoms with Crippen LogP contribution in [0.2, 0.25) is 0 Å². The van der Waals surface area contributed by atoms with Crippen molar-refractivity contribution in [3.8, 4) is 0 Å². The Morgan fingerprint density at radius 2 is 2.11 bits per heavy atom. The maximum atomic E-state index is 10.3. The minimum atomic E-state index is -2.28. The van der Waals surface area contributed by atoms with Gasteiger partial charge >= 0.3 is 0 Å². The predicted molar refractivity (Wildman–Crippen MR) is 38.1 cm³/mol. The lowest BCUT2D eigenvalue weighted by atomic mass is 10.3. The molecule has 1 atom stereocenters. The van der Waals surface area contributed by atoms with E-state index in [1.165, 1.54) is 0 Å². The van der Waals surface area contributed by atoms with Crippen LogP contribution in [0, 0.1) is 0 Å². The monoisotopic (exact) mass is 151 g/mol. The van der Waals surface area contributed by atoms with E-state index in [0.717, 1.165) is 6.42 Å². The topological polar surface area (TPSA) is 46.2 Å². The highest BCUT2D eigenvalue weighted by Gasteiger charge is 2.04. The number of nitrogens with one attached hydrogen (secondary N) is 1. The molecule has 0 aromatic carbocycles. The Hall–Kier alpha value is -0.0900. The summed E-state index contributed by atoms with van der Waals surface area (Å²) in [5, 5.41) is 2.38. The lowest BCUT2D eigenvalue weighted by molar-refractivity contribution is 0.567. The summed E-state index contributed by atoms with van der Waals surface area (Å²) < 4.78 is 20.6. The third kappa shape index (κ3) is 3.48. The smallest absolute Gasteiger partial charge is 0.156 e. The molecule has 0 spiro atoms. The standard InChI is InChI=1S/C5H13NO2S/c1-3-4-5(6-2)9(7)8/h5-6,9H,3-4H2,1-2H3. The second kappa shape index (κ2) is 4.76. The van der Waals surface area contributed by atoms with Crippen molar-refractivity contribution in [1.29, 1.82) is 0 Å². The van der Waals surface area contributed by atoms with Gasteiger partial charge in [0.2, 0.25) is 0 Å². The highest BCUT2D eigenvalue weighted by molar-refractivity contribution is 7.73. The van der Waals surface area contributed by atoms with Gasteiger partial charge in [0.25, 0.3) is 0 Å². The molecule has 0 aromatic heterocycles. The predicted octanol–water partition coefficient (Wildman–Crippen LogP) is -0.0566. The van der Waals surface area contributed by atoms with Gasteiger partial charge in [0.1, 0.15) is 5.37 Å². The summed E-state index contributed by atoms with van der Waals surface area (Å²) in [7, 11) is -0.623. The van der Waals surface area contributed by atoms with E-state index in [0.29, 0.717) is 6.42 Å². The molecule has 0 rings (SSSR count). The molecular weight excluding hydrogens is 138 g/mol. The van der Waals surface area contributed by atoms with Gasteiger partial charge < -0.3 is 5.32 Å². The van der Waals surface area contributed by atoms with E-state index in [4.69, 9.17) is 0 Å². The summed E-state index contributed by atoms with van der Waals surface area (Å²) in [4.78, 5) is 0. The highest BCUT2D eigenvalue weighted by Crippen LogP contribution is 1.94. The van der Waals surface area contributed by atoms with Gasteiger partial charge in [0, 0.05) is 0 Å².